The highest BCUT2D eigenvalue weighted by Gasteiger charge is 2.30. The van der Waals surface area contributed by atoms with Crippen LogP contribution in [-0.2, 0) is 9.53 Å². The Morgan fingerprint density at radius 3 is 1.53 bits per heavy atom. The van der Waals surface area contributed by atoms with Gasteiger partial charge in [0.05, 0.1) is 47.6 Å². The number of aliphatic hydroxyl groups excluding tert-OH is 3. The molecule has 304 valence electrons. The Hall–Kier alpha value is -5.18. The van der Waals surface area contributed by atoms with Crippen LogP contribution in [0, 0.1) is 5.41 Å². The smallest absolute Gasteiger partial charge is 0.346 e. The van der Waals surface area contributed by atoms with E-state index >= 15 is 0 Å². The molecule has 14 nitrogen and oxygen atoms in total. The van der Waals surface area contributed by atoms with Crippen molar-refractivity contribution < 1.29 is 69.2 Å². The first-order valence-electron chi connectivity index (χ1n) is 18.3. The molecule has 0 spiro atoms. The molecule has 0 unspecified atom stereocenters. The number of rotatable bonds is 21. The van der Waals surface area contributed by atoms with Gasteiger partial charge in [-0.3, -0.25) is 4.79 Å². The number of aromatic carboxylic acids is 3. The summed E-state index contributed by atoms with van der Waals surface area (Å²) in [6, 6.07) is 8.85. The van der Waals surface area contributed by atoms with E-state index in [-0.39, 0.29) is 47.6 Å². The average molecular weight is 773 g/mol. The summed E-state index contributed by atoms with van der Waals surface area (Å²) in [5, 5.41) is 60.1. The van der Waals surface area contributed by atoms with E-state index in [1.807, 2.05) is 6.92 Å². The zero-order valence-electron chi connectivity index (χ0n) is 31.7. The minimum absolute atomic E-state index is 0.00917. The van der Waals surface area contributed by atoms with Gasteiger partial charge in [-0.05, 0) is 81.3 Å². The van der Waals surface area contributed by atoms with Gasteiger partial charge in [0, 0.05) is 11.8 Å². The molecule has 1 aliphatic heterocycles. The van der Waals surface area contributed by atoms with Crippen molar-refractivity contribution in [2.45, 2.75) is 97.3 Å². The van der Waals surface area contributed by atoms with Crippen LogP contribution in [0.15, 0.2) is 66.8 Å². The third-order valence-corrected chi connectivity index (χ3v) is 8.35. The van der Waals surface area contributed by atoms with Crippen LogP contribution in [0.2, 0.25) is 0 Å². The fourth-order valence-electron chi connectivity index (χ4n) is 4.58. The van der Waals surface area contributed by atoms with Crippen molar-refractivity contribution in [2.75, 3.05) is 19.8 Å². The van der Waals surface area contributed by atoms with Gasteiger partial charge < -0.3 is 40.5 Å². The van der Waals surface area contributed by atoms with E-state index in [9.17, 15) is 28.8 Å². The topological polar surface area (TPSA) is 253 Å². The Balaban J connectivity index is 0.000000735. The number of hydrogen-bond acceptors (Lipinski definition) is 10. The van der Waals surface area contributed by atoms with Crippen LogP contribution >= 0.6 is 0 Å². The summed E-state index contributed by atoms with van der Waals surface area (Å²) in [4.78, 5) is 63.6. The molecule has 2 aromatic carbocycles. The van der Waals surface area contributed by atoms with Gasteiger partial charge in [-0.2, -0.15) is 0 Å². The van der Waals surface area contributed by atoms with Crippen molar-refractivity contribution in [3.8, 4) is 0 Å². The summed E-state index contributed by atoms with van der Waals surface area (Å²) in [5.41, 5.74) is -0.630. The van der Waals surface area contributed by atoms with E-state index in [2.05, 4.69) is 36.0 Å². The highest BCUT2D eigenvalue weighted by atomic mass is 16.6. The lowest BCUT2D eigenvalue weighted by Gasteiger charge is -2.24. The molecular weight excluding hydrogens is 716 g/mol. The van der Waals surface area contributed by atoms with Gasteiger partial charge in [-0.15, -0.1) is 0 Å². The number of aliphatic carboxylic acids is 1. The molecular formula is C41H56O14. The summed E-state index contributed by atoms with van der Waals surface area (Å²) in [7, 11) is 0. The maximum Gasteiger partial charge on any atom is 0.346 e. The molecule has 0 saturated carbocycles. The van der Waals surface area contributed by atoms with Gasteiger partial charge in [0.1, 0.15) is 0 Å². The first kappa shape index (κ1) is 49.8. The number of carboxylic acid groups (broad SMARTS) is 4. The molecule has 55 heavy (non-hydrogen) atoms. The molecule has 2 aromatic rings. The number of unbranched alkanes of at least 4 members (excludes halogenated alkanes) is 8. The Kier molecular flexibility index (Phi) is 26.5. The zero-order valence-corrected chi connectivity index (χ0v) is 31.7. The molecule has 0 fully saturated rings. The van der Waals surface area contributed by atoms with Crippen molar-refractivity contribution in [2.24, 2.45) is 5.41 Å². The summed E-state index contributed by atoms with van der Waals surface area (Å²) in [6.07, 6.45) is 22.9. The van der Waals surface area contributed by atoms with Crippen molar-refractivity contribution in [3.63, 3.8) is 0 Å². The molecule has 3 rings (SSSR count). The fraction of sp³-hybridized carbons (Fsp3) is 0.463. The van der Waals surface area contributed by atoms with E-state index < -0.39 is 41.2 Å². The molecule has 1 aliphatic rings. The monoisotopic (exact) mass is 772 g/mol. The Bertz CT molecular complexity index is 1510. The van der Waals surface area contributed by atoms with Crippen LogP contribution in [0.1, 0.15) is 149 Å². The van der Waals surface area contributed by atoms with Gasteiger partial charge in [0.15, 0.2) is 0 Å². The number of esters is 2. The summed E-state index contributed by atoms with van der Waals surface area (Å²) < 4.78 is 4.30. The van der Waals surface area contributed by atoms with E-state index in [0.29, 0.717) is 12.8 Å². The van der Waals surface area contributed by atoms with Crippen LogP contribution in [0.3, 0.4) is 0 Å². The van der Waals surface area contributed by atoms with E-state index in [4.69, 9.17) is 35.7 Å². The largest absolute Gasteiger partial charge is 0.481 e. The second-order valence-corrected chi connectivity index (χ2v) is 12.6. The minimum atomic E-state index is -1.15. The van der Waals surface area contributed by atoms with Gasteiger partial charge in [-0.25, -0.2) is 24.0 Å². The number of carbonyl (C=O) groups excluding carboxylic acids is 2. The lowest BCUT2D eigenvalue weighted by Crippen LogP contribution is -2.32. The van der Waals surface area contributed by atoms with Gasteiger partial charge in [0.25, 0.3) is 0 Å². The number of ether oxygens (including phenoxy) is 1. The predicted molar refractivity (Wildman–Crippen MR) is 204 cm³/mol. The molecule has 14 heteroatoms. The Labute approximate surface area is 321 Å². The van der Waals surface area contributed by atoms with Gasteiger partial charge in [0.2, 0.25) is 0 Å². The van der Waals surface area contributed by atoms with Crippen molar-refractivity contribution in [1.82, 2.24) is 0 Å². The normalized spacial score (nSPS) is 11.7. The van der Waals surface area contributed by atoms with Crippen LogP contribution in [0.5, 0.6) is 0 Å². The molecule has 0 radical (unpaired) electrons. The third kappa shape index (κ3) is 21.3. The zero-order chi connectivity index (χ0) is 41.6. The molecule has 0 aromatic heterocycles. The lowest BCUT2D eigenvalue weighted by atomic mass is 9.88. The van der Waals surface area contributed by atoms with E-state index in [1.54, 1.807) is 0 Å². The predicted octanol–water partition coefficient (Wildman–Crippen LogP) is 7.02. The highest BCUT2D eigenvalue weighted by molar-refractivity contribution is 6.15. The maximum atomic E-state index is 11.0. The standard InChI is InChI=1S/C18H32O2.C9H4O5.C8H6O4.C6H14O3/c1-2-3-4-5-6-7-8-9-10-11-12-13-14-15-16-17-18(19)20;10-7(11)4-1-2-5-6(3-4)9(13)14-8(5)12;9-7(10)5-2-1-3-6(4-5)8(11)12;1-2-6(3-7,4-8)5-9/h6-7,9-10H,2-5,8,11-17H2,1H3,(H,19,20);1-3H,(H,10,11);1-4H,(H,9,10)(H,11,12);7-9H,2-5H2,1H3/b7-6-,10-9-;;;. The van der Waals surface area contributed by atoms with Gasteiger partial charge in [-0.1, -0.05) is 76.3 Å². The fourth-order valence-corrected chi connectivity index (χ4v) is 4.58. The number of cyclic esters (lactones) is 2. The van der Waals surface area contributed by atoms with Crippen molar-refractivity contribution >= 4 is 35.8 Å². The summed E-state index contributed by atoms with van der Waals surface area (Å²) in [6.45, 7) is 3.59. The average Bonchev–Trinajstić information content (AvgIpc) is 3.46. The number of fused-ring (bicyclic) bond motifs is 1. The number of benzene rings is 2. The molecule has 0 bridgehead atoms. The van der Waals surface area contributed by atoms with E-state index in [0.717, 1.165) is 37.8 Å². The second kappa shape index (κ2) is 29.2. The first-order valence-corrected chi connectivity index (χ1v) is 18.3. The minimum Gasteiger partial charge on any atom is -0.481 e. The maximum absolute atomic E-state index is 11.0. The molecule has 1 heterocycles. The summed E-state index contributed by atoms with van der Waals surface area (Å²) in [5.74, 6) is -5.61. The van der Waals surface area contributed by atoms with Crippen LogP contribution in [-0.4, -0.2) is 91.4 Å². The molecule has 0 atom stereocenters. The van der Waals surface area contributed by atoms with Crippen LogP contribution in [0.4, 0.5) is 0 Å². The SMILES string of the molecule is CCC(CO)(CO)CO.CCCCC/C=C\C/C=C\CCCCCCCC(=O)O.O=C(O)c1ccc2c(c1)C(=O)OC2=O.O=C(O)c1cccc(C(=O)O)c1. The second-order valence-electron chi connectivity index (χ2n) is 12.6. The lowest BCUT2D eigenvalue weighted by molar-refractivity contribution is -0.137. The number of allylic oxidation sites excluding steroid dienone is 4. The van der Waals surface area contributed by atoms with Crippen LogP contribution < -0.4 is 0 Å². The molecule has 7 N–H and O–H groups in total. The van der Waals surface area contributed by atoms with Crippen molar-refractivity contribution in [3.05, 3.63) is 94.6 Å². The number of aliphatic hydroxyl groups is 3. The molecule has 0 saturated heterocycles. The molecule has 0 aliphatic carbocycles. The first-order chi connectivity index (χ1) is 26.2. The van der Waals surface area contributed by atoms with Crippen molar-refractivity contribution in [1.29, 1.82) is 0 Å². The molecule has 0 amide bonds. The summed E-state index contributed by atoms with van der Waals surface area (Å²) >= 11 is 0. The quantitative estimate of drug-likeness (QED) is 0.0291. The van der Waals surface area contributed by atoms with Crippen LogP contribution in [0.25, 0.3) is 0 Å². The third-order valence-electron chi connectivity index (χ3n) is 8.35. The van der Waals surface area contributed by atoms with E-state index in [1.165, 1.54) is 75.3 Å². The Morgan fingerprint density at radius 1 is 0.600 bits per heavy atom. The van der Waals surface area contributed by atoms with Gasteiger partial charge >= 0.3 is 35.8 Å². The number of carboxylic acids is 4. The highest BCUT2D eigenvalue weighted by Crippen LogP contribution is 2.21. The Morgan fingerprint density at radius 2 is 1.07 bits per heavy atom. The number of carbonyl (C=O) groups is 6. The number of hydrogen-bond donors (Lipinski definition) is 7.